The normalized spacial score (nSPS) is 26.3. The highest BCUT2D eigenvalue weighted by Crippen LogP contribution is 2.19. The van der Waals surface area contributed by atoms with E-state index in [2.05, 4.69) is 50.0 Å². The van der Waals surface area contributed by atoms with E-state index in [1.165, 1.54) is 26.1 Å². The monoisotopic (exact) mass is 241 g/mol. The van der Waals surface area contributed by atoms with E-state index in [-0.39, 0.29) is 0 Å². The van der Waals surface area contributed by atoms with Gasteiger partial charge in [-0.1, -0.05) is 20.8 Å². The molecule has 17 heavy (non-hydrogen) atoms. The van der Waals surface area contributed by atoms with Gasteiger partial charge in [0.25, 0.3) is 0 Å². The number of likely N-dealkylation sites (tertiary alicyclic amines) is 1. The predicted octanol–water partition coefficient (Wildman–Crippen LogP) is 1.50. The van der Waals surface area contributed by atoms with E-state index in [1.54, 1.807) is 0 Å². The molecule has 2 atom stereocenters. The Bertz CT molecular complexity index is 204. The Kier molecular flexibility index (Phi) is 6.45. The molecule has 0 radical (unpaired) electrons. The molecule has 1 N–H and O–H groups in total. The number of nitrogens with one attached hydrogen (secondary N) is 1. The third-order valence-electron chi connectivity index (χ3n) is 3.69. The van der Waals surface area contributed by atoms with Gasteiger partial charge in [0.05, 0.1) is 0 Å². The van der Waals surface area contributed by atoms with Crippen LogP contribution in [0.5, 0.6) is 0 Å². The van der Waals surface area contributed by atoms with E-state index in [0.29, 0.717) is 0 Å². The van der Waals surface area contributed by atoms with Crippen LogP contribution in [-0.2, 0) is 0 Å². The van der Waals surface area contributed by atoms with E-state index in [4.69, 9.17) is 0 Å². The first-order chi connectivity index (χ1) is 8.00. The molecule has 1 aliphatic rings. The second kappa shape index (κ2) is 7.34. The van der Waals surface area contributed by atoms with Crippen LogP contribution in [0, 0.1) is 11.8 Å². The van der Waals surface area contributed by atoms with Crippen molar-refractivity contribution in [1.82, 2.24) is 15.1 Å². The third-order valence-corrected chi connectivity index (χ3v) is 3.69. The molecule has 3 heteroatoms. The molecule has 0 bridgehead atoms. The van der Waals surface area contributed by atoms with Crippen LogP contribution in [0.15, 0.2) is 0 Å². The van der Waals surface area contributed by atoms with Gasteiger partial charge in [-0.15, -0.1) is 0 Å². The van der Waals surface area contributed by atoms with Crippen molar-refractivity contribution >= 4 is 0 Å². The fourth-order valence-electron chi connectivity index (χ4n) is 2.72. The average Bonchev–Trinajstić information content (AvgIpc) is 2.59. The number of nitrogens with zero attached hydrogens (tertiary/aromatic N) is 2. The van der Waals surface area contributed by atoms with Crippen molar-refractivity contribution in [2.24, 2.45) is 11.8 Å². The molecule has 0 saturated carbocycles. The van der Waals surface area contributed by atoms with Crippen LogP contribution < -0.4 is 5.32 Å². The fraction of sp³-hybridized carbons (Fsp3) is 1.00. The number of rotatable bonds is 7. The molecule has 3 nitrogen and oxygen atoms in total. The molecule has 0 aromatic heterocycles. The molecule has 0 amide bonds. The molecule has 2 unspecified atom stereocenters. The van der Waals surface area contributed by atoms with Gasteiger partial charge in [0, 0.05) is 19.1 Å². The lowest BCUT2D eigenvalue weighted by atomic mass is 10.1. The third kappa shape index (κ3) is 5.36. The Morgan fingerprint density at radius 1 is 1.29 bits per heavy atom. The van der Waals surface area contributed by atoms with E-state index >= 15 is 0 Å². The molecule has 0 aliphatic carbocycles. The van der Waals surface area contributed by atoms with E-state index < -0.39 is 0 Å². The highest BCUT2D eigenvalue weighted by molar-refractivity contribution is 4.86. The SMILES string of the molecule is CC(C)CNCCCN1CC(C)C(N(C)C)C1. The summed E-state index contributed by atoms with van der Waals surface area (Å²) in [7, 11) is 4.41. The van der Waals surface area contributed by atoms with Crippen LogP contribution in [0.3, 0.4) is 0 Å². The van der Waals surface area contributed by atoms with Crippen molar-refractivity contribution < 1.29 is 0 Å². The summed E-state index contributed by atoms with van der Waals surface area (Å²) in [4.78, 5) is 4.99. The molecule has 0 spiro atoms. The van der Waals surface area contributed by atoms with Gasteiger partial charge in [-0.05, 0) is 52.0 Å². The smallest absolute Gasteiger partial charge is 0.0254 e. The Morgan fingerprint density at radius 3 is 2.53 bits per heavy atom. The summed E-state index contributed by atoms with van der Waals surface area (Å²) < 4.78 is 0. The predicted molar refractivity (Wildman–Crippen MR) is 75.4 cm³/mol. The van der Waals surface area contributed by atoms with E-state index in [0.717, 1.165) is 31.0 Å². The molecule has 1 heterocycles. The van der Waals surface area contributed by atoms with Gasteiger partial charge in [-0.25, -0.2) is 0 Å². The van der Waals surface area contributed by atoms with Gasteiger partial charge in [-0.2, -0.15) is 0 Å². The van der Waals surface area contributed by atoms with Gasteiger partial charge in [0.1, 0.15) is 0 Å². The van der Waals surface area contributed by atoms with Crippen LogP contribution in [0.2, 0.25) is 0 Å². The van der Waals surface area contributed by atoms with Crippen LogP contribution in [0.25, 0.3) is 0 Å². The van der Waals surface area contributed by atoms with Crippen LogP contribution in [0.4, 0.5) is 0 Å². The lowest BCUT2D eigenvalue weighted by molar-refractivity contribution is 0.251. The largest absolute Gasteiger partial charge is 0.316 e. The van der Waals surface area contributed by atoms with Crippen molar-refractivity contribution in [3.8, 4) is 0 Å². The lowest BCUT2D eigenvalue weighted by Gasteiger charge is -2.22. The number of hydrogen-bond donors (Lipinski definition) is 1. The van der Waals surface area contributed by atoms with Gasteiger partial charge < -0.3 is 15.1 Å². The molecule has 1 rings (SSSR count). The number of hydrogen-bond acceptors (Lipinski definition) is 3. The number of likely N-dealkylation sites (N-methyl/N-ethyl adjacent to an activating group) is 1. The summed E-state index contributed by atoms with van der Waals surface area (Å²) >= 11 is 0. The summed E-state index contributed by atoms with van der Waals surface area (Å²) in [5, 5.41) is 3.52. The first-order valence-electron chi connectivity index (χ1n) is 7.10. The molecule has 0 aromatic carbocycles. The maximum Gasteiger partial charge on any atom is 0.0254 e. The maximum absolute atomic E-state index is 3.52. The highest BCUT2D eigenvalue weighted by atomic mass is 15.2. The van der Waals surface area contributed by atoms with E-state index in [9.17, 15) is 0 Å². The molecular weight excluding hydrogens is 210 g/mol. The second-order valence-electron chi connectivity index (χ2n) is 6.22. The minimum Gasteiger partial charge on any atom is -0.316 e. The highest BCUT2D eigenvalue weighted by Gasteiger charge is 2.30. The van der Waals surface area contributed by atoms with Crippen LogP contribution in [0.1, 0.15) is 27.2 Å². The van der Waals surface area contributed by atoms with Gasteiger partial charge in [-0.3, -0.25) is 0 Å². The van der Waals surface area contributed by atoms with E-state index in [1.807, 2.05) is 0 Å². The maximum atomic E-state index is 3.52. The Labute approximate surface area is 108 Å². The molecule has 0 aromatic rings. The first kappa shape index (κ1) is 14.9. The summed E-state index contributed by atoms with van der Waals surface area (Å²) in [6.45, 7) is 13.0. The van der Waals surface area contributed by atoms with Crippen molar-refractivity contribution in [2.45, 2.75) is 33.2 Å². The Balaban J connectivity index is 2.09. The van der Waals surface area contributed by atoms with Crippen molar-refractivity contribution in [3.63, 3.8) is 0 Å². The quantitative estimate of drug-likeness (QED) is 0.682. The minimum atomic E-state index is 0.749. The second-order valence-corrected chi connectivity index (χ2v) is 6.22. The van der Waals surface area contributed by atoms with Crippen LogP contribution >= 0.6 is 0 Å². The van der Waals surface area contributed by atoms with Crippen LogP contribution in [-0.4, -0.2) is 62.7 Å². The lowest BCUT2D eigenvalue weighted by Crippen LogP contribution is -2.34. The molecule has 1 fully saturated rings. The zero-order chi connectivity index (χ0) is 12.8. The zero-order valence-corrected chi connectivity index (χ0v) is 12.4. The Hall–Kier alpha value is -0.120. The molecule has 1 saturated heterocycles. The minimum absolute atomic E-state index is 0.749. The summed E-state index contributed by atoms with van der Waals surface area (Å²) in [6.07, 6.45) is 1.28. The topological polar surface area (TPSA) is 18.5 Å². The standard InChI is InChI=1S/C14H31N3/c1-12(2)9-15-7-6-8-17-10-13(3)14(11-17)16(4)5/h12-15H,6-11H2,1-5H3. The summed E-state index contributed by atoms with van der Waals surface area (Å²) in [6, 6.07) is 0.749. The van der Waals surface area contributed by atoms with Gasteiger partial charge >= 0.3 is 0 Å². The van der Waals surface area contributed by atoms with Gasteiger partial charge in [0.2, 0.25) is 0 Å². The zero-order valence-electron chi connectivity index (χ0n) is 12.4. The van der Waals surface area contributed by atoms with Crippen molar-refractivity contribution in [3.05, 3.63) is 0 Å². The summed E-state index contributed by atoms with van der Waals surface area (Å²) in [5.74, 6) is 1.58. The fourth-order valence-corrected chi connectivity index (χ4v) is 2.72. The average molecular weight is 241 g/mol. The molecular formula is C14H31N3. The summed E-state index contributed by atoms with van der Waals surface area (Å²) in [5.41, 5.74) is 0. The molecule has 1 aliphatic heterocycles. The Morgan fingerprint density at radius 2 is 2.00 bits per heavy atom. The van der Waals surface area contributed by atoms with Crippen molar-refractivity contribution in [1.29, 1.82) is 0 Å². The van der Waals surface area contributed by atoms with Crippen molar-refractivity contribution in [2.75, 3.05) is 46.8 Å². The van der Waals surface area contributed by atoms with Gasteiger partial charge in [0.15, 0.2) is 0 Å². The molecule has 102 valence electrons. The first-order valence-corrected chi connectivity index (χ1v) is 7.10.